The fourth-order valence-electron chi connectivity index (χ4n) is 2.64. The predicted octanol–water partition coefficient (Wildman–Crippen LogP) is 4.94. The molecular formula is C16H17P. The highest BCUT2D eigenvalue weighted by Gasteiger charge is 2.26. The van der Waals surface area contributed by atoms with Crippen LogP contribution < -0.4 is 0 Å². The van der Waals surface area contributed by atoms with Crippen molar-refractivity contribution >= 4 is 8.58 Å². The number of benzene rings is 2. The standard InChI is InChI=1S/C16H17P/c1-3-7-13(8-4-1)15-11-12-16(17-15)14-9-5-2-6-10-14/h1-10,15-17H,11-12H2/t15-,16-/m1/s1. The molecule has 1 saturated heterocycles. The minimum absolute atomic E-state index is 0.793. The van der Waals surface area contributed by atoms with Gasteiger partial charge in [-0.1, -0.05) is 60.7 Å². The van der Waals surface area contributed by atoms with Crippen molar-refractivity contribution in [2.45, 2.75) is 24.2 Å². The minimum atomic E-state index is 0.793. The molecule has 1 aliphatic heterocycles. The fourth-order valence-corrected chi connectivity index (χ4v) is 4.56. The van der Waals surface area contributed by atoms with Gasteiger partial charge < -0.3 is 0 Å². The normalized spacial score (nSPS) is 23.8. The van der Waals surface area contributed by atoms with E-state index >= 15 is 0 Å². The van der Waals surface area contributed by atoms with Gasteiger partial charge >= 0.3 is 0 Å². The van der Waals surface area contributed by atoms with Crippen LogP contribution in [0.5, 0.6) is 0 Å². The maximum Gasteiger partial charge on any atom is 0.00200 e. The highest BCUT2D eigenvalue weighted by atomic mass is 31.1. The maximum absolute atomic E-state index is 2.28. The van der Waals surface area contributed by atoms with E-state index in [2.05, 4.69) is 60.7 Å². The van der Waals surface area contributed by atoms with E-state index in [0.29, 0.717) is 0 Å². The Bertz CT molecular complexity index is 418. The highest BCUT2D eigenvalue weighted by Crippen LogP contribution is 2.57. The van der Waals surface area contributed by atoms with Gasteiger partial charge in [-0.25, -0.2) is 0 Å². The molecular weight excluding hydrogens is 223 g/mol. The molecule has 1 fully saturated rings. The molecule has 0 bridgehead atoms. The molecule has 0 aliphatic carbocycles. The molecule has 0 saturated carbocycles. The second-order valence-electron chi connectivity index (χ2n) is 4.67. The van der Waals surface area contributed by atoms with Gasteiger partial charge in [0, 0.05) is 11.3 Å². The van der Waals surface area contributed by atoms with Crippen molar-refractivity contribution in [1.82, 2.24) is 0 Å². The van der Waals surface area contributed by atoms with E-state index in [0.717, 1.165) is 19.9 Å². The quantitative estimate of drug-likeness (QED) is 0.652. The van der Waals surface area contributed by atoms with Crippen LogP contribution in [0, 0.1) is 0 Å². The molecule has 0 unspecified atom stereocenters. The van der Waals surface area contributed by atoms with E-state index < -0.39 is 0 Å². The average Bonchev–Trinajstić information content (AvgIpc) is 2.90. The van der Waals surface area contributed by atoms with E-state index in [9.17, 15) is 0 Å². The lowest BCUT2D eigenvalue weighted by atomic mass is 10.0. The molecule has 2 atom stereocenters. The van der Waals surface area contributed by atoms with E-state index in [4.69, 9.17) is 0 Å². The van der Waals surface area contributed by atoms with Crippen LogP contribution in [-0.2, 0) is 0 Å². The Morgan fingerprint density at radius 2 is 1.06 bits per heavy atom. The summed E-state index contributed by atoms with van der Waals surface area (Å²) in [7, 11) is 1.05. The second kappa shape index (κ2) is 5.02. The summed E-state index contributed by atoms with van der Waals surface area (Å²) in [6, 6.07) is 22.0. The zero-order valence-electron chi connectivity index (χ0n) is 9.84. The SMILES string of the molecule is c1ccc([C@H]2CC[C@H](c3ccccc3)P2)cc1. The lowest BCUT2D eigenvalue weighted by Gasteiger charge is -2.12. The molecule has 0 spiro atoms. The van der Waals surface area contributed by atoms with E-state index in [-0.39, 0.29) is 0 Å². The number of hydrogen-bond acceptors (Lipinski definition) is 0. The Morgan fingerprint density at radius 1 is 0.647 bits per heavy atom. The van der Waals surface area contributed by atoms with Gasteiger partial charge in [0.25, 0.3) is 0 Å². The Morgan fingerprint density at radius 3 is 1.47 bits per heavy atom. The predicted molar refractivity (Wildman–Crippen MR) is 75.9 cm³/mol. The Hall–Kier alpha value is -1.13. The van der Waals surface area contributed by atoms with Gasteiger partial charge in [0.1, 0.15) is 0 Å². The largest absolute Gasteiger partial charge is 0.107 e. The Labute approximate surface area is 105 Å². The molecule has 1 aliphatic rings. The van der Waals surface area contributed by atoms with Crippen molar-refractivity contribution in [1.29, 1.82) is 0 Å². The Kier molecular flexibility index (Phi) is 3.25. The van der Waals surface area contributed by atoms with Crippen LogP contribution in [-0.4, -0.2) is 0 Å². The van der Waals surface area contributed by atoms with Crippen LogP contribution in [0.2, 0.25) is 0 Å². The van der Waals surface area contributed by atoms with Gasteiger partial charge in [-0.15, -0.1) is 8.58 Å². The summed E-state index contributed by atoms with van der Waals surface area (Å²) in [5.41, 5.74) is 4.65. The number of rotatable bonds is 2. The summed E-state index contributed by atoms with van der Waals surface area (Å²) in [4.78, 5) is 0. The molecule has 2 aromatic carbocycles. The van der Waals surface area contributed by atoms with Crippen molar-refractivity contribution in [2.75, 3.05) is 0 Å². The average molecular weight is 240 g/mol. The lowest BCUT2D eigenvalue weighted by molar-refractivity contribution is 0.765. The smallest absolute Gasteiger partial charge is 0.00200 e. The van der Waals surface area contributed by atoms with Gasteiger partial charge in [0.05, 0.1) is 0 Å². The third-order valence-corrected chi connectivity index (χ3v) is 5.60. The summed E-state index contributed by atoms with van der Waals surface area (Å²) in [5.74, 6) is 0. The van der Waals surface area contributed by atoms with Gasteiger partial charge in [-0.2, -0.15) is 0 Å². The van der Waals surface area contributed by atoms with Crippen molar-refractivity contribution in [2.24, 2.45) is 0 Å². The van der Waals surface area contributed by atoms with Crippen molar-refractivity contribution < 1.29 is 0 Å². The summed E-state index contributed by atoms with van der Waals surface area (Å²) >= 11 is 0. The first-order valence-corrected chi connectivity index (χ1v) is 7.45. The minimum Gasteiger partial charge on any atom is -0.107 e. The monoisotopic (exact) mass is 240 g/mol. The summed E-state index contributed by atoms with van der Waals surface area (Å²) < 4.78 is 0. The van der Waals surface area contributed by atoms with Crippen molar-refractivity contribution in [3.63, 3.8) is 0 Å². The molecule has 0 nitrogen and oxygen atoms in total. The van der Waals surface area contributed by atoms with Crippen LogP contribution in [0.3, 0.4) is 0 Å². The lowest BCUT2D eigenvalue weighted by Crippen LogP contribution is -1.85. The van der Waals surface area contributed by atoms with Gasteiger partial charge in [-0.3, -0.25) is 0 Å². The van der Waals surface area contributed by atoms with Crippen LogP contribution >= 0.6 is 8.58 Å². The number of hydrogen-bond donors (Lipinski definition) is 0. The molecule has 3 rings (SSSR count). The first kappa shape index (κ1) is 11.0. The van der Waals surface area contributed by atoms with Crippen LogP contribution in [0.1, 0.15) is 35.3 Å². The second-order valence-corrected chi connectivity index (χ2v) is 6.40. The Balaban J connectivity index is 1.75. The fraction of sp³-hybridized carbons (Fsp3) is 0.250. The van der Waals surface area contributed by atoms with E-state index in [1.165, 1.54) is 24.0 Å². The molecule has 1 heteroatoms. The molecule has 0 aromatic heterocycles. The van der Waals surface area contributed by atoms with Crippen LogP contribution in [0.4, 0.5) is 0 Å². The summed E-state index contributed by atoms with van der Waals surface area (Å²) in [6.07, 6.45) is 2.70. The van der Waals surface area contributed by atoms with Gasteiger partial charge in [0.15, 0.2) is 0 Å². The molecule has 0 radical (unpaired) electrons. The van der Waals surface area contributed by atoms with E-state index in [1.54, 1.807) is 0 Å². The van der Waals surface area contributed by atoms with Crippen molar-refractivity contribution in [3.8, 4) is 0 Å². The molecule has 1 heterocycles. The third-order valence-electron chi connectivity index (χ3n) is 3.55. The van der Waals surface area contributed by atoms with Gasteiger partial charge in [0.2, 0.25) is 0 Å². The molecule has 2 aromatic rings. The zero-order valence-corrected chi connectivity index (χ0v) is 10.8. The molecule has 0 amide bonds. The molecule has 0 N–H and O–H groups in total. The van der Waals surface area contributed by atoms with Gasteiger partial charge in [-0.05, 0) is 24.0 Å². The first-order chi connectivity index (χ1) is 8.43. The summed E-state index contributed by atoms with van der Waals surface area (Å²) in [6.45, 7) is 0. The molecule has 17 heavy (non-hydrogen) atoms. The maximum atomic E-state index is 2.28. The van der Waals surface area contributed by atoms with Crippen molar-refractivity contribution in [3.05, 3.63) is 71.8 Å². The van der Waals surface area contributed by atoms with E-state index in [1.807, 2.05) is 0 Å². The van der Waals surface area contributed by atoms with Crippen LogP contribution in [0.15, 0.2) is 60.7 Å². The highest BCUT2D eigenvalue weighted by molar-refractivity contribution is 7.39. The topological polar surface area (TPSA) is 0 Å². The zero-order chi connectivity index (χ0) is 11.5. The third kappa shape index (κ3) is 2.42. The molecule has 86 valence electrons. The summed E-state index contributed by atoms with van der Waals surface area (Å²) in [5, 5.41) is 0. The first-order valence-electron chi connectivity index (χ1n) is 6.29. The van der Waals surface area contributed by atoms with Crippen LogP contribution in [0.25, 0.3) is 0 Å².